The summed E-state index contributed by atoms with van der Waals surface area (Å²) < 4.78 is 22.2. The lowest BCUT2D eigenvalue weighted by atomic mass is 9.42. The SMILES string of the molecule is COC(=O)C1(C)C(OC(C)=O)CCC2(C)C3CC(=O)C(=C(C)C=CC(OC)C(C)=CC=CC(C)(C)OC)C3(C)CCC21. The number of carbonyl (C=O) groups excluding carboxylic acids is 3. The van der Waals surface area contributed by atoms with Crippen LogP contribution >= 0.6 is 0 Å². The number of ketones is 1. The highest BCUT2D eigenvalue weighted by Gasteiger charge is 2.68. The van der Waals surface area contributed by atoms with Crippen LogP contribution in [0.1, 0.15) is 87.5 Å². The first kappa shape index (κ1) is 34.0. The largest absolute Gasteiger partial charge is 0.468 e. The van der Waals surface area contributed by atoms with Crippen molar-refractivity contribution in [2.45, 2.75) is 105 Å². The summed E-state index contributed by atoms with van der Waals surface area (Å²) in [6.07, 6.45) is 12.6. The molecule has 0 aromatic rings. The standard InChI is InChI=1S/C35H52O7/c1-22(13-12-18-32(4,5)41-11)26(39-9)15-14-23(2)30-25(37)21-28-33(6)20-17-29(42-24(3)36)35(8,31(38)40-10)27(33)16-19-34(28,30)7/h12-15,18,26-29H,16-17,19-21H2,1-11H3. The van der Waals surface area contributed by atoms with Crippen LogP contribution in [0.5, 0.6) is 0 Å². The molecule has 3 aliphatic rings. The van der Waals surface area contributed by atoms with Crippen LogP contribution in [0.2, 0.25) is 0 Å². The third kappa shape index (κ3) is 6.10. The van der Waals surface area contributed by atoms with Gasteiger partial charge in [0.15, 0.2) is 5.78 Å². The first-order valence-electron chi connectivity index (χ1n) is 15.1. The molecular weight excluding hydrogens is 532 g/mol. The molecule has 7 unspecified atom stereocenters. The number of methoxy groups -OCH3 is 3. The number of hydrogen-bond acceptors (Lipinski definition) is 7. The lowest BCUT2D eigenvalue weighted by Crippen LogP contribution is -2.62. The van der Waals surface area contributed by atoms with E-state index in [-0.39, 0.29) is 46.1 Å². The minimum atomic E-state index is -0.971. The maximum Gasteiger partial charge on any atom is 0.315 e. The van der Waals surface area contributed by atoms with Gasteiger partial charge in [0.05, 0.1) is 18.8 Å². The average Bonchev–Trinajstić information content (AvgIpc) is 3.20. The van der Waals surface area contributed by atoms with Crippen LogP contribution in [0.25, 0.3) is 0 Å². The first-order valence-corrected chi connectivity index (χ1v) is 15.1. The Balaban J connectivity index is 1.95. The van der Waals surface area contributed by atoms with Crippen molar-refractivity contribution in [3.05, 3.63) is 47.1 Å². The summed E-state index contributed by atoms with van der Waals surface area (Å²) in [4.78, 5) is 39.1. The second-order valence-corrected chi connectivity index (χ2v) is 13.8. The van der Waals surface area contributed by atoms with Crippen LogP contribution in [-0.4, -0.2) is 56.9 Å². The highest BCUT2D eigenvalue weighted by molar-refractivity contribution is 6.01. The molecule has 0 bridgehead atoms. The lowest BCUT2D eigenvalue weighted by Gasteiger charge is -2.61. The van der Waals surface area contributed by atoms with Gasteiger partial charge in [0.2, 0.25) is 0 Å². The van der Waals surface area contributed by atoms with E-state index in [9.17, 15) is 14.4 Å². The lowest BCUT2D eigenvalue weighted by molar-refractivity contribution is -0.206. The molecule has 7 heteroatoms. The summed E-state index contributed by atoms with van der Waals surface area (Å²) in [7, 11) is 4.77. The highest BCUT2D eigenvalue weighted by atomic mass is 16.6. The van der Waals surface area contributed by atoms with Crippen LogP contribution in [-0.2, 0) is 33.3 Å². The molecule has 3 aliphatic carbocycles. The van der Waals surface area contributed by atoms with Gasteiger partial charge in [0, 0.05) is 38.6 Å². The molecule has 0 radical (unpaired) electrons. The molecule has 234 valence electrons. The highest BCUT2D eigenvalue weighted by Crippen LogP contribution is 2.69. The zero-order valence-corrected chi connectivity index (χ0v) is 27.6. The molecule has 3 fully saturated rings. The van der Waals surface area contributed by atoms with Gasteiger partial charge in [0.1, 0.15) is 11.5 Å². The van der Waals surface area contributed by atoms with Gasteiger partial charge in [-0.15, -0.1) is 0 Å². The third-order valence-corrected chi connectivity index (χ3v) is 10.8. The fourth-order valence-corrected chi connectivity index (χ4v) is 8.45. The van der Waals surface area contributed by atoms with Crippen molar-refractivity contribution in [2.24, 2.45) is 28.1 Å². The summed E-state index contributed by atoms with van der Waals surface area (Å²) >= 11 is 0. The molecule has 3 saturated carbocycles. The van der Waals surface area contributed by atoms with Crippen molar-refractivity contribution in [1.29, 1.82) is 0 Å². The van der Waals surface area contributed by atoms with Crippen molar-refractivity contribution < 1.29 is 33.3 Å². The van der Waals surface area contributed by atoms with Crippen LogP contribution in [0, 0.1) is 28.1 Å². The van der Waals surface area contributed by atoms with Crippen molar-refractivity contribution in [3.63, 3.8) is 0 Å². The number of carbonyl (C=O) groups is 3. The van der Waals surface area contributed by atoms with Gasteiger partial charge in [-0.25, -0.2) is 0 Å². The number of esters is 2. The number of fused-ring (bicyclic) bond motifs is 3. The van der Waals surface area contributed by atoms with E-state index < -0.39 is 17.5 Å². The first-order chi connectivity index (χ1) is 19.5. The van der Waals surface area contributed by atoms with Crippen molar-refractivity contribution in [1.82, 2.24) is 0 Å². The molecule has 7 nitrogen and oxygen atoms in total. The van der Waals surface area contributed by atoms with Crippen LogP contribution in [0.3, 0.4) is 0 Å². The number of allylic oxidation sites excluding steroid dienone is 5. The summed E-state index contributed by atoms with van der Waals surface area (Å²) in [5.41, 5.74) is 0.965. The van der Waals surface area contributed by atoms with Gasteiger partial charge >= 0.3 is 11.9 Å². The molecule has 0 saturated heterocycles. The van der Waals surface area contributed by atoms with E-state index >= 15 is 0 Å². The predicted octanol–water partition coefficient (Wildman–Crippen LogP) is 6.72. The second-order valence-electron chi connectivity index (χ2n) is 13.8. The molecule has 0 aromatic heterocycles. The second kappa shape index (κ2) is 12.6. The summed E-state index contributed by atoms with van der Waals surface area (Å²) in [6, 6.07) is 0. The Kier molecular flexibility index (Phi) is 10.2. The fourth-order valence-electron chi connectivity index (χ4n) is 8.45. The predicted molar refractivity (Wildman–Crippen MR) is 164 cm³/mol. The van der Waals surface area contributed by atoms with Gasteiger partial charge in [0.25, 0.3) is 0 Å². The van der Waals surface area contributed by atoms with Gasteiger partial charge in [-0.1, -0.05) is 44.2 Å². The number of hydrogen-bond donors (Lipinski definition) is 0. The van der Waals surface area contributed by atoms with Crippen LogP contribution in [0.15, 0.2) is 47.1 Å². The van der Waals surface area contributed by atoms with E-state index in [2.05, 4.69) is 13.8 Å². The summed E-state index contributed by atoms with van der Waals surface area (Å²) in [6.45, 7) is 15.8. The van der Waals surface area contributed by atoms with Crippen molar-refractivity contribution >= 4 is 17.7 Å². The summed E-state index contributed by atoms with van der Waals surface area (Å²) in [5, 5.41) is 0. The molecule has 7 atom stereocenters. The monoisotopic (exact) mass is 584 g/mol. The normalized spacial score (nSPS) is 35.6. The van der Waals surface area contributed by atoms with Crippen molar-refractivity contribution in [2.75, 3.05) is 21.3 Å². The smallest absolute Gasteiger partial charge is 0.315 e. The molecule has 0 spiro atoms. The Bertz CT molecular complexity index is 1190. The Morgan fingerprint density at radius 1 is 1.00 bits per heavy atom. The van der Waals surface area contributed by atoms with Crippen molar-refractivity contribution in [3.8, 4) is 0 Å². The molecule has 0 aromatic carbocycles. The van der Waals surface area contributed by atoms with E-state index in [0.717, 1.165) is 36.0 Å². The topological polar surface area (TPSA) is 88.1 Å². The molecule has 0 heterocycles. The average molecular weight is 585 g/mol. The summed E-state index contributed by atoms with van der Waals surface area (Å²) in [5.74, 6) is -0.553. The third-order valence-electron chi connectivity index (χ3n) is 10.8. The molecule has 3 rings (SSSR count). The number of Topliss-reactive ketones (excluding diaryl/α,β-unsaturated/α-hetero) is 1. The van der Waals surface area contributed by atoms with Crippen LogP contribution in [0.4, 0.5) is 0 Å². The fraction of sp³-hybridized carbons (Fsp3) is 0.686. The Hall–Kier alpha value is -2.51. The molecule has 42 heavy (non-hydrogen) atoms. The Morgan fingerprint density at radius 2 is 1.67 bits per heavy atom. The number of rotatable bonds is 9. The minimum absolute atomic E-state index is 0.0709. The van der Waals surface area contributed by atoms with E-state index in [1.54, 1.807) is 14.2 Å². The van der Waals surface area contributed by atoms with E-state index in [4.69, 9.17) is 18.9 Å². The van der Waals surface area contributed by atoms with E-state index in [1.807, 2.05) is 65.0 Å². The van der Waals surface area contributed by atoms with E-state index in [1.165, 1.54) is 14.0 Å². The zero-order chi connectivity index (χ0) is 31.7. The van der Waals surface area contributed by atoms with Gasteiger partial charge < -0.3 is 18.9 Å². The molecule has 0 aliphatic heterocycles. The maximum absolute atomic E-state index is 13.8. The minimum Gasteiger partial charge on any atom is -0.468 e. The quantitative estimate of drug-likeness (QED) is 0.169. The molecule has 0 amide bonds. The number of ether oxygens (including phenoxy) is 4. The van der Waals surface area contributed by atoms with Crippen LogP contribution < -0.4 is 0 Å². The zero-order valence-electron chi connectivity index (χ0n) is 27.6. The van der Waals surface area contributed by atoms with E-state index in [0.29, 0.717) is 12.8 Å². The Labute approximate surface area is 252 Å². The van der Waals surface area contributed by atoms with Gasteiger partial charge in [-0.05, 0) is 88.7 Å². The van der Waals surface area contributed by atoms with Gasteiger partial charge in [-0.3, -0.25) is 14.4 Å². The molecule has 0 N–H and O–H groups in total. The maximum atomic E-state index is 13.8. The molecular formula is C35H52O7. The van der Waals surface area contributed by atoms with Gasteiger partial charge in [-0.2, -0.15) is 0 Å². The Morgan fingerprint density at radius 3 is 2.24 bits per heavy atom.